The average Bonchev–Trinajstić information content (AvgIpc) is 3.03. The van der Waals surface area contributed by atoms with E-state index in [1.807, 2.05) is 4.98 Å². The third-order valence-electron chi connectivity index (χ3n) is 5.31. The van der Waals surface area contributed by atoms with E-state index in [4.69, 9.17) is 47.0 Å². The van der Waals surface area contributed by atoms with Gasteiger partial charge in [-0.25, -0.2) is 9.36 Å². The van der Waals surface area contributed by atoms with Gasteiger partial charge in [0.2, 0.25) is 5.72 Å². The van der Waals surface area contributed by atoms with Crippen LogP contribution in [0.3, 0.4) is 0 Å². The van der Waals surface area contributed by atoms with Crippen molar-refractivity contribution in [2.45, 2.75) is 36.7 Å². The van der Waals surface area contributed by atoms with E-state index < -0.39 is 55.9 Å². The summed E-state index contributed by atoms with van der Waals surface area (Å²) in [5.74, 6) is 0. The Morgan fingerprint density at radius 3 is 2.69 bits per heavy atom. The lowest BCUT2D eigenvalue weighted by atomic mass is 10.1. The van der Waals surface area contributed by atoms with Crippen LogP contribution in [-0.2, 0) is 22.9 Å². The Morgan fingerprint density at radius 1 is 1.31 bits per heavy atom. The number of hydrogen-bond donors (Lipinski definition) is 3. The molecule has 2 aliphatic heterocycles. The molecule has 2 aromatic rings. The van der Waals surface area contributed by atoms with Crippen molar-refractivity contribution in [2.75, 3.05) is 13.2 Å². The number of aromatic nitrogens is 2. The van der Waals surface area contributed by atoms with Crippen LogP contribution in [0.1, 0.15) is 24.3 Å². The predicted octanol–water partition coefficient (Wildman–Crippen LogP) is 2.40. The van der Waals surface area contributed by atoms with Crippen molar-refractivity contribution < 1.29 is 33.1 Å². The van der Waals surface area contributed by atoms with Crippen LogP contribution in [-0.4, -0.2) is 50.9 Å². The third-order valence-corrected chi connectivity index (χ3v) is 7.21. The smallest absolute Gasteiger partial charge is 0.387 e. The summed E-state index contributed by atoms with van der Waals surface area (Å²) >= 11 is 12.0. The average molecular weight is 550 g/mol. The highest BCUT2D eigenvalue weighted by Gasteiger charge is 2.56. The zero-order valence-corrected chi connectivity index (χ0v) is 20.0. The molecule has 0 amide bonds. The monoisotopic (exact) mass is 549 g/mol. The van der Waals surface area contributed by atoms with E-state index in [9.17, 15) is 24.4 Å². The number of H-pyrrole nitrogens is 1. The standard InChI is InChI=1S/C18H18Cl2N5O9P/c19-10-5-9(6-11(20)7-10)12-2-4-31-35(30,34-12)32-8-18(23-24-21)15(28)14(27)16(33-18)25-3-1-13(26)22-17(25)29/h1,3,5-7,12,14-16,27-28H,2,4,8H2,(H,22,26,29)/t12-,14+,15-,16+,18+,35?/m0/s1. The van der Waals surface area contributed by atoms with Crippen LogP contribution in [0.4, 0.5) is 0 Å². The number of azide groups is 1. The molecule has 0 aliphatic carbocycles. The second-order valence-electron chi connectivity index (χ2n) is 7.63. The fourth-order valence-corrected chi connectivity index (χ4v) is 5.62. The van der Waals surface area contributed by atoms with Gasteiger partial charge in [-0.2, -0.15) is 0 Å². The van der Waals surface area contributed by atoms with Gasteiger partial charge in [0.25, 0.3) is 5.56 Å². The number of halogens is 2. The quantitative estimate of drug-likeness (QED) is 0.209. The number of phosphoric acid groups is 1. The Balaban J connectivity index is 1.56. The highest BCUT2D eigenvalue weighted by atomic mass is 35.5. The minimum Gasteiger partial charge on any atom is -0.387 e. The van der Waals surface area contributed by atoms with Gasteiger partial charge in [0.15, 0.2) is 6.23 Å². The summed E-state index contributed by atoms with van der Waals surface area (Å²) in [5.41, 5.74) is 5.57. The van der Waals surface area contributed by atoms with Gasteiger partial charge in [0.05, 0.1) is 19.3 Å². The molecule has 188 valence electrons. The molecule has 1 aromatic carbocycles. The molecule has 0 saturated carbocycles. The van der Waals surface area contributed by atoms with Crippen molar-refractivity contribution in [1.82, 2.24) is 9.55 Å². The molecular weight excluding hydrogens is 532 g/mol. The van der Waals surface area contributed by atoms with Gasteiger partial charge in [-0.1, -0.05) is 28.3 Å². The van der Waals surface area contributed by atoms with Crippen molar-refractivity contribution in [2.24, 2.45) is 5.11 Å². The number of nitrogens with one attached hydrogen (secondary N) is 1. The largest absolute Gasteiger partial charge is 0.475 e. The first kappa shape index (κ1) is 25.9. The number of aliphatic hydroxyl groups excluding tert-OH is 2. The summed E-state index contributed by atoms with van der Waals surface area (Å²) in [7, 11) is -4.30. The number of rotatable bonds is 6. The van der Waals surface area contributed by atoms with Crippen molar-refractivity contribution in [3.8, 4) is 0 Å². The molecule has 3 N–H and O–H groups in total. The molecule has 1 aromatic heterocycles. The van der Waals surface area contributed by atoms with Gasteiger partial charge < -0.3 is 14.9 Å². The summed E-state index contributed by atoms with van der Waals surface area (Å²) in [6.07, 6.45) is -4.78. The molecule has 35 heavy (non-hydrogen) atoms. The molecule has 14 nitrogen and oxygen atoms in total. The Labute approximate surface area is 206 Å². The van der Waals surface area contributed by atoms with Crippen molar-refractivity contribution in [3.63, 3.8) is 0 Å². The molecule has 0 bridgehead atoms. The number of aliphatic hydroxyl groups is 2. The number of hydrogen-bond acceptors (Lipinski definition) is 10. The fraction of sp³-hybridized carbons (Fsp3) is 0.444. The molecule has 17 heteroatoms. The molecule has 2 fully saturated rings. The highest BCUT2D eigenvalue weighted by Crippen LogP contribution is 2.58. The van der Waals surface area contributed by atoms with E-state index >= 15 is 0 Å². The Morgan fingerprint density at radius 2 is 2.03 bits per heavy atom. The number of aromatic amines is 1. The topological polar surface area (TPSA) is 198 Å². The highest BCUT2D eigenvalue weighted by molar-refractivity contribution is 7.48. The van der Waals surface area contributed by atoms with Crippen LogP contribution in [0.2, 0.25) is 10.0 Å². The maximum atomic E-state index is 13.2. The van der Waals surface area contributed by atoms with Crippen LogP contribution >= 0.6 is 31.0 Å². The molecule has 1 unspecified atom stereocenters. The molecule has 4 rings (SSSR count). The molecular formula is C18H18Cl2N5O9P. The molecule has 0 radical (unpaired) electrons. The minimum atomic E-state index is -4.30. The first-order valence-electron chi connectivity index (χ1n) is 10.0. The summed E-state index contributed by atoms with van der Waals surface area (Å²) < 4.78 is 35.5. The van der Waals surface area contributed by atoms with Gasteiger partial charge in [0, 0.05) is 33.6 Å². The van der Waals surface area contributed by atoms with Crippen LogP contribution in [0.15, 0.2) is 45.2 Å². The molecule has 6 atom stereocenters. The normalized spacial score (nSPS) is 32.8. The SMILES string of the molecule is [N-]=[N+]=N[C@]1(COP2(=O)OCC[C@@H](c3cc(Cl)cc(Cl)c3)O2)O[C@@H](n2ccc(=O)[nH]c2=O)[C@H](O)[C@@H]1O. The molecule has 2 aliphatic rings. The van der Waals surface area contributed by atoms with Crippen molar-refractivity contribution in [1.29, 1.82) is 0 Å². The zero-order valence-electron chi connectivity index (χ0n) is 17.6. The summed E-state index contributed by atoms with van der Waals surface area (Å²) in [6.45, 7) is -0.924. The van der Waals surface area contributed by atoms with Crippen molar-refractivity contribution in [3.05, 3.63) is 77.4 Å². The molecule has 3 heterocycles. The van der Waals surface area contributed by atoms with Gasteiger partial charge in [-0.3, -0.25) is 27.9 Å². The lowest BCUT2D eigenvalue weighted by molar-refractivity contribution is -0.127. The zero-order chi connectivity index (χ0) is 25.4. The maximum Gasteiger partial charge on any atom is 0.475 e. The number of ether oxygens (including phenoxy) is 1. The lowest BCUT2D eigenvalue weighted by Crippen LogP contribution is -2.45. The van der Waals surface area contributed by atoms with E-state index in [2.05, 4.69) is 10.0 Å². The maximum absolute atomic E-state index is 13.2. The Kier molecular flexibility index (Phi) is 7.41. The van der Waals surface area contributed by atoms with Gasteiger partial charge in [-0.05, 0) is 29.3 Å². The summed E-state index contributed by atoms with van der Waals surface area (Å²) in [4.78, 5) is 28.0. The summed E-state index contributed by atoms with van der Waals surface area (Å²) in [5, 5.41) is 25.2. The summed E-state index contributed by atoms with van der Waals surface area (Å²) in [6, 6.07) is 5.64. The second kappa shape index (κ2) is 10.0. The van der Waals surface area contributed by atoms with E-state index in [-0.39, 0.29) is 6.61 Å². The van der Waals surface area contributed by atoms with Crippen molar-refractivity contribution >= 4 is 31.0 Å². The first-order chi connectivity index (χ1) is 16.6. The van der Waals surface area contributed by atoms with E-state index in [0.29, 0.717) is 22.0 Å². The van der Waals surface area contributed by atoms with Crippen LogP contribution in [0.25, 0.3) is 10.4 Å². The van der Waals surface area contributed by atoms with Gasteiger partial charge in [-0.15, -0.1) is 0 Å². The molecule has 2 saturated heterocycles. The van der Waals surface area contributed by atoms with E-state index in [0.717, 1.165) is 16.8 Å². The Hall–Kier alpha value is -2.22. The first-order valence-corrected chi connectivity index (χ1v) is 12.2. The minimum absolute atomic E-state index is 0.0397. The number of nitrogens with zero attached hydrogens (tertiary/aromatic N) is 4. The van der Waals surface area contributed by atoms with Crippen LogP contribution in [0.5, 0.6) is 0 Å². The van der Waals surface area contributed by atoms with Crippen LogP contribution in [0, 0.1) is 0 Å². The number of phosphoric ester groups is 1. The van der Waals surface area contributed by atoms with Gasteiger partial charge in [0.1, 0.15) is 12.2 Å². The fourth-order valence-electron chi connectivity index (χ4n) is 3.67. The van der Waals surface area contributed by atoms with E-state index in [1.54, 1.807) is 12.1 Å². The predicted molar refractivity (Wildman–Crippen MR) is 120 cm³/mol. The number of benzene rings is 1. The lowest BCUT2D eigenvalue weighted by Gasteiger charge is -2.32. The van der Waals surface area contributed by atoms with Gasteiger partial charge >= 0.3 is 13.5 Å². The van der Waals surface area contributed by atoms with Crippen LogP contribution < -0.4 is 11.2 Å². The van der Waals surface area contributed by atoms with E-state index in [1.165, 1.54) is 6.07 Å². The second-order valence-corrected chi connectivity index (χ2v) is 10.1. The molecule has 0 spiro atoms. The Bertz CT molecular complexity index is 1310. The third kappa shape index (κ3) is 5.32.